The highest BCUT2D eigenvalue weighted by atomic mass is 16.2. The van der Waals surface area contributed by atoms with Crippen molar-refractivity contribution in [2.75, 3.05) is 19.6 Å². The fourth-order valence-electron chi connectivity index (χ4n) is 3.47. The molecule has 0 aromatic carbocycles. The lowest BCUT2D eigenvalue weighted by atomic mass is 9.66. The first-order valence-corrected chi connectivity index (χ1v) is 7.78. The van der Waals surface area contributed by atoms with E-state index in [0.717, 1.165) is 24.4 Å². The fraction of sp³-hybridized carbons (Fsp3) is 0.733. The van der Waals surface area contributed by atoms with E-state index in [1.165, 1.54) is 19.3 Å². The Bertz CT molecular complexity index is 515. The first-order chi connectivity index (χ1) is 10.00. The van der Waals surface area contributed by atoms with Crippen molar-refractivity contribution in [1.82, 2.24) is 20.0 Å². The summed E-state index contributed by atoms with van der Waals surface area (Å²) in [5.74, 6) is 0. The molecule has 2 aliphatic rings. The zero-order valence-electron chi connectivity index (χ0n) is 12.9. The van der Waals surface area contributed by atoms with Gasteiger partial charge in [-0.25, -0.2) is 4.79 Å². The number of amides is 2. The number of rotatable bonds is 3. The van der Waals surface area contributed by atoms with Gasteiger partial charge < -0.3 is 16.0 Å². The maximum Gasteiger partial charge on any atom is 0.317 e. The van der Waals surface area contributed by atoms with Crippen LogP contribution in [-0.4, -0.2) is 46.4 Å². The van der Waals surface area contributed by atoms with Gasteiger partial charge in [0.05, 0.1) is 5.69 Å². The van der Waals surface area contributed by atoms with Crippen LogP contribution in [0.15, 0.2) is 6.07 Å². The van der Waals surface area contributed by atoms with Gasteiger partial charge >= 0.3 is 6.03 Å². The van der Waals surface area contributed by atoms with Gasteiger partial charge in [0.25, 0.3) is 0 Å². The van der Waals surface area contributed by atoms with Crippen molar-refractivity contribution in [3.05, 3.63) is 17.5 Å². The molecule has 2 heterocycles. The first-order valence-electron chi connectivity index (χ1n) is 7.78. The van der Waals surface area contributed by atoms with E-state index in [1.807, 2.05) is 23.6 Å². The number of urea groups is 1. The molecule has 0 bridgehead atoms. The molecule has 1 spiro atoms. The number of nitrogens with zero attached hydrogens (tertiary/aromatic N) is 3. The highest BCUT2D eigenvalue weighted by Crippen LogP contribution is 2.47. The molecule has 1 aromatic heterocycles. The van der Waals surface area contributed by atoms with E-state index in [4.69, 9.17) is 5.73 Å². The number of hydrogen-bond acceptors (Lipinski definition) is 3. The Balaban J connectivity index is 1.46. The molecule has 116 valence electrons. The van der Waals surface area contributed by atoms with Crippen LogP contribution in [0, 0.1) is 12.3 Å². The van der Waals surface area contributed by atoms with Crippen molar-refractivity contribution in [1.29, 1.82) is 0 Å². The van der Waals surface area contributed by atoms with Crippen LogP contribution in [0.1, 0.15) is 30.7 Å². The quantitative estimate of drug-likeness (QED) is 0.864. The summed E-state index contributed by atoms with van der Waals surface area (Å²) < 4.78 is 1.86. The van der Waals surface area contributed by atoms with Crippen LogP contribution in [0.3, 0.4) is 0 Å². The molecule has 1 saturated carbocycles. The molecule has 2 fully saturated rings. The van der Waals surface area contributed by atoms with Crippen molar-refractivity contribution >= 4 is 6.03 Å². The highest BCUT2D eigenvalue weighted by molar-refractivity contribution is 5.74. The van der Waals surface area contributed by atoms with Crippen LogP contribution >= 0.6 is 0 Å². The van der Waals surface area contributed by atoms with Crippen LogP contribution in [0.2, 0.25) is 0 Å². The summed E-state index contributed by atoms with van der Waals surface area (Å²) in [7, 11) is 1.93. The Morgan fingerprint density at radius 3 is 2.86 bits per heavy atom. The second-order valence-corrected chi connectivity index (χ2v) is 6.59. The Morgan fingerprint density at radius 1 is 1.57 bits per heavy atom. The van der Waals surface area contributed by atoms with E-state index in [1.54, 1.807) is 0 Å². The second kappa shape index (κ2) is 5.33. The number of carbonyl (C=O) groups excluding carboxylic acids is 1. The molecule has 1 unspecified atom stereocenters. The molecule has 3 N–H and O–H groups in total. The minimum absolute atomic E-state index is 0.0156. The molecule has 6 heteroatoms. The first kappa shape index (κ1) is 14.4. The Labute approximate surface area is 125 Å². The molecule has 21 heavy (non-hydrogen) atoms. The molecule has 1 aliphatic heterocycles. The van der Waals surface area contributed by atoms with Crippen molar-refractivity contribution in [2.24, 2.45) is 18.2 Å². The minimum Gasteiger partial charge on any atom is -0.338 e. The van der Waals surface area contributed by atoms with Crippen LogP contribution in [0.4, 0.5) is 4.79 Å². The van der Waals surface area contributed by atoms with Crippen molar-refractivity contribution < 1.29 is 4.79 Å². The Hall–Kier alpha value is -1.56. The third kappa shape index (κ3) is 2.64. The Morgan fingerprint density at radius 2 is 2.33 bits per heavy atom. The molecule has 2 amide bonds. The lowest BCUT2D eigenvalue weighted by Gasteiger charge is -2.41. The summed E-state index contributed by atoms with van der Waals surface area (Å²) in [6.07, 6.45) is 4.36. The van der Waals surface area contributed by atoms with Gasteiger partial charge in [0.15, 0.2) is 0 Å². The third-order valence-electron chi connectivity index (χ3n) is 5.17. The van der Waals surface area contributed by atoms with Gasteiger partial charge in [-0.3, -0.25) is 4.68 Å². The van der Waals surface area contributed by atoms with Crippen LogP contribution in [0.25, 0.3) is 0 Å². The largest absolute Gasteiger partial charge is 0.338 e. The summed E-state index contributed by atoms with van der Waals surface area (Å²) in [4.78, 5) is 14.1. The molecule has 0 radical (unpaired) electrons. The standard InChI is InChI=1S/C15H25N5O/c1-11-8-12(18-19(11)2)4-7-17-14(21)20-9-13(16)15(10-20)5-3-6-15/h8,13H,3-7,9-10,16H2,1-2H3,(H,17,21). The van der Waals surface area contributed by atoms with Crippen molar-refractivity contribution in [3.8, 4) is 0 Å². The van der Waals surface area contributed by atoms with Crippen LogP contribution < -0.4 is 11.1 Å². The predicted octanol–water partition coefficient (Wildman–Crippen LogP) is 0.794. The van der Waals surface area contributed by atoms with E-state index >= 15 is 0 Å². The maximum absolute atomic E-state index is 12.2. The normalized spacial score (nSPS) is 23.4. The average Bonchev–Trinajstić information content (AvgIpc) is 2.90. The monoisotopic (exact) mass is 291 g/mol. The Kier molecular flexibility index (Phi) is 3.65. The summed E-state index contributed by atoms with van der Waals surface area (Å²) in [6.45, 7) is 4.16. The van der Waals surface area contributed by atoms with E-state index in [2.05, 4.69) is 16.5 Å². The van der Waals surface area contributed by atoms with Gasteiger partial charge in [0.1, 0.15) is 0 Å². The summed E-state index contributed by atoms with van der Waals surface area (Å²) >= 11 is 0. The van der Waals surface area contributed by atoms with Crippen molar-refractivity contribution in [2.45, 2.75) is 38.6 Å². The molecule has 1 aliphatic carbocycles. The smallest absolute Gasteiger partial charge is 0.317 e. The van der Waals surface area contributed by atoms with E-state index in [0.29, 0.717) is 13.1 Å². The summed E-state index contributed by atoms with van der Waals surface area (Å²) in [6, 6.07) is 2.22. The molecule has 1 saturated heterocycles. The number of aromatic nitrogens is 2. The van der Waals surface area contributed by atoms with Gasteiger partial charge in [0, 0.05) is 50.3 Å². The van der Waals surface area contributed by atoms with Gasteiger partial charge in [-0.1, -0.05) is 6.42 Å². The van der Waals surface area contributed by atoms with Gasteiger partial charge in [-0.2, -0.15) is 5.10 Å². The molecular weight excluding hydrogens is 266 g/mol. The maximum atomic E-state index is 12.2. The van der Waals surface area contributed by atoms with E-state index < -0.39 is 0 Å². The lowest BCUT2D eigenvalue weighted by molar-refractivity contribution is 0.125. The number of nitrogens with one attached hydrogen (secondary N) is 1. The SMILES string of the molecule is Cc1cc(CCNC(=O)N2CC(N)C3(CCC3)C2)nn1C. The minimum atomic E-state index is 0.0156. The second-order valence-electron chi connectivity index (χ2n) is 6.59. The van der Waals surface area contributed by atoms with Crippen LogP contribution in [0.5, 0.6) is 0 Å². The number of aryl methyl sites for hydroxylation is 2. The molecule has 1 aromatic rings. The predicted molar refractivity (Wildman–Crippen MR) is 80.9 cm³/mol. The van der Waals surface area contributed by atoms with E-state index in [-0.39, 0.29) is 17.5 Å². The number of likely N-dealkylation sites (tertiary alicyclic amines) is 1. The van der Waals surface area contributed by atoms with Crippen LogP contribution in [-0.2, 0) is 13.5 Å². The van der Waals surface area contributed by atoms with Gasteiger partial charge in [-0.15, -0.1) is 0 Å². The molecular formula is C15H25N5O. The zero-order valence-corrected chi connectivity index (χ0v) is 12.9. The molecule has 6 nitrogen and oxygen atoms in total. The van der Waals surface area contributed by atoms with Crippen molar-refractivity contribution in [3.63, 3.8) is 0 Å². The average molecular weight is 291 g/mol. The highest BCUT2D eigenvalue weighted by Gasteiger charge is 2.49. The third-order valence-corrected chi connectivity index (χ3v) is 5.17. The van der Waals surface area contributed by atoms with E-state index in [9.17, 15) is 4.79 Å². The number of hydrogen-bond donors (Lipinski definition) is 2. The summed E-state index contributed by atoms with van der Waals surface area (Å²) in [5, 5.41) is 7.38. The lowest BCUT2D eigenvalue weighted by Crippen LogP contribution is -2.45. The summed E-state index contributed by atoms with van der Waals surface area (Å²) in [5.41, 5.74) is 8.58. The number of carbonyl (C=O) groups is 1. The van der Waals surface area contributed by atoms with Gasteiger partial charge in [0.2, 0.25) is 0 Å². The molecule has 3 rings (SSSR count). The van der Waals surface area contributed by atoms with Gasteiger partial charge in [-0.05, 0) is 25.8 Å². The zero-order chi connectivity index (χ0) is 15.0. The molecule has 1 atom stereocenters. The fourth-order valence-corrected chi connectivity index (χ4v) is 3.47. The number of nitrogens with two attached hydrogens (primary N) is 1. The topological polar surface area (TPSA) is 76.2 Å².